The molecule has 3 heterocycles. The Morgan fingerprint density at radius 3 is 2.62 bits per heavy atom. The third-order valence-electron chi connectivity index (χ3n) is 5.00. The van der Waals surface area contributed by atoms with Crippen LogP contribution in [0.3, 0.4) is 0 Å². The molecule has 3 aromatic heterocycles. The molecule has 32 heavy (non-hydrogen) atoms. The highest BCUT2D eigenvalue weighted by Crippen LogP contribution is 2.28. The van der Waals surface area contributed by atoms with Crippen LogP contribution in [0.2, 0.25) is 5.02 Å². The van der Waals surface area contributed by atoms with Crippen LogP contribution in [0.4, 0.5) is 11.5 Å². The van der Waals surface area contributed by atoms with Crippen LogP contribution in [0.5, 0.6) is 0 Å². The van der Waals surface area contributed by atoms with Gasteiger partial charge < -0.3 is 15.6 Å². The maximum Gasteiger partial charge on any atom is 0.228 e. The molecular formula is C23H21ClN6O2. The highest BCUT2D eigenvalue weighted by atomic mass is 35.5. The molecule has 0 atom stereocenters. The Kier molecular flexibility index (Phi) is 5.87. The van der Waals surface area contributed by atoms with Crippen molar-refractivity contribution in [3.63, 3.8) is 0 Å². The maximum absolute atomic E-state index is 13.3. The van der Waals surface area contributed by atoms with Gasteiger partial charge in [-0.2, -0.15) is 0 Å². The highest BCUT2D eigenvalue weighted by molar-refractivity contribution is 6.30. The normalized spacial score (nSPS) is 11.1. The Bertz CT molecular complexity index is 1310. The van der Waals surface area contributed by atoms with Crippen LogP contribution in [0.1, 0.15) is 41.4 Å². The third kappa shape index (κ3) is 4.31. The first kappa shape index (κ1) is 21.5. The smallest absolute Gasteiger partial charge is 0.228 e. The van der Waals surface area contributed by atoms with E-state index in [-0.39, 0.29) is 30.0 Å². The average Bonchev–Trinajstić information content (AvgIpc) is 3.16. The molecule has 0 radical (unpaired) electrons. The standard InChI is InChI=1S/C23H21ClN6O2/c1-13(2)30-11-18(20-22(25)27-12-28-23(20)30)21(32)15-8-17(10-26-9-15)29-19(31)7-14-3-5-16(24)6-4-14/h3-6,8-13H,7H2,1-2H3,(H,29,31)(H2,25,27,28). The van der Waals surface area contributed by atoms with Crippen molar-refractivity contribution in [2.75, 3.05) is 11.1 Å². The van der Waals surface area contributed by atoms with Crippen molar-refractivity contribution < 1.29 is 9.59 Å². The van der Waals surface area contributed by atoms with Gasteiger partial charge in [0.15, 0.2) is 5.78 Å². The summed E-state index contributed by atoms with van der Waals surface area (Å²) in [5.74, 6) is -0.275. The lowest BCUT2D eigenvalue weighted by Gasteiger charge is -2.07. The molecule has 4 rings (SSSR count). The summed E-state index contributed by atoms with van der Waals surface area (Å²) in [6, 6.07) is 8.70. The molecule has 0 fully saturated rings. The molecule has 0 spiro atoms. The summed E-state index contributed by atoms with van der Waals surface area (Å²) in [6.07, 6.45) is 6.23. The van der Waals surface area contributed by atoms with Gasteiger partial charge in [0.05, 0.1) is 29.3 Å². The Morgan fingerprint density at radius 2 is 1.91 bits per heavy atom. The van der Waals surface area contributed by atoms with Gasteiger partial charge in [0.2, 0.25) is 5.91 Å². The van der Waals surface area contributed by atoms with Crippen molar-refractivity contribution in [3.05, 3.63) is 77.0 Å². The number of pyridine rings is 1. The number of nitrogens with two attached hydrogens (primary N) is 1. The second-order valence-electron chi connectivity index (χ2n) is 7.64. The lowest BCUT2D eigenvalue weighted by atomic mass is 10.0. The van der Waals surface area contributed by atoms with Gasteiger partial charge in [-0.05, 0) is 37.6 Å². The summed E-state index contributed by atoms with van der Waals surface area (Å²) in [5.41, 5.74) is 8.61. The summed E-state index contributed by atoms with van der Waals surface area (Å²) in [4.78, 5) is 38.2. The fourth-order valence-corrected chi connectivity index (χ4v) is 3.58. The lowest BCUT2D eigenvalue weighted by Crippen LogP contribution is -2.15. The molecular weight excluding hydrogens is 428 g/mol. The Morgan fingerprint density at radius 1 is 1.16 bits per heavy atom. The largest absolute Gasteiger partial charge is 0.383 e. The van der Waals surface area contributed by atoms with Crippen LogP contribution in [-0.2, 0) is 11.2 Å². The summed E-state index contributed by atoms with van der Waals surface area (Å²) >= 11 is 5.88. The molecule has 9 heteroatoms. The minimum Gasteiger partial charge on any atom is -0.383 e. The number of fused-ring (bicyclic) bond motifs is 1. The molecule has 0 unspecified atom stereocenters. The molecule has 3 N–H and O–H groups in total. The quantitative estimate of drug-likeness (QED) is 0.430. The zero-order chi connectivity index (χ0) is 22.8. The Balaban J connectivity index is 1.60. The topological polar surface area (TPSA) is 116 Å². The van der Waals surface area contributed by atoms with Crippen molar-refractivity contribution in [1.82, 2.24) is 19.5 Å². The van der Waals surface area contributed by atoms with E-state index in [1.807, 2.05) is 18.4 Å². The van der Waals surface area contributed by atoms with E-state index in [9.17, 15) is 9.59 Å². The van der Waals surface area contributed by atoms with Crippen molar-refractivity contribution in [2.24, 2.45) is 0 Å². The van der Waals surface area contributed by atoms with Crippen LogP contribution in [0.25, 0.3) is 11.0 Å². The molecule has 0 bridgehead atoms. The number of nitrogens with one attached hydrogen (secondary N) is 1. The molecule has 1 amide bonds. The van der Waals surface area contributed by atoms with E-state index >= 15 is 0 Å². The number of hydrogen-bond acceptors (Lipinski definition) is 6. The maximum atomic E-state index is 13.3. The van der Waals surface area contributed by atoms with Gasteiger partial charge in [0.25, 0.3) is 0 Å². The van der Waals surface area contributed by atoms with E-state index < -0.39 is 0 Å². The first-order valence-electron chi connectivity index (χ1n) is 9.98. The van der Waals surface area contributed by atoms with Crippen molar-refractivity contribution in [1.29, 1.82) is 0 Å². The molecule has 0 saturated heterocycles. The Hall–Kier alpha value is -3.78. The molecule has 1 aromatic carbocycles. The predicted molar refractivity (Wildman–Crippen MR) is 124 cm³/mol. The molecule has 0 aliphatic heterocycles. The van der Waals surface area contributed by atoms with Crippen molar-refractivity contribution >= 4 is 45.8 Å². The number of anilines is 2. The minimum absolute atomic E-state index is 0.0740. The third-order valence-corrected chi connectivity index (χ3v) is 5.25. The summed E-state index contributed by atoms with van der Waals surface area (Å²) in [5, 5.41) is 3.89. The number of aromatic nitrogens is 4. The number of hydrogen-bond donors (Lipinski definition) is 2. The number of carbonyl (C=O) groups excluding carboxylic acids is 2. The van der Waals surface area contributed by atoms with Crippen molar-refractivity contribution in [2.45, 2.75) is 26.3 Å². The molecule has 0 aliphatic rings. The number of halogens is 1. The van der Waals surface area contributed by atoms with E-state index in [4.69, 9.17) is 17.3 Å². The van der Waals surface area contributed by atoms with Gasteiger partial charge in [-0.3, -0.25) is 14.6 Å². The summed E-state index contributed by atoms with van der Waals surface area (Å²) < 4.78 is 1.88. The van der Waals surface area contributed by atoms with E-state index in [1.165, 1.54) is 18.7 Å². The van der Waals surface area contributed by atoms with Gasteiger partial charge >= 0.3 is 0 Å². The van der Waals surface area contributed by atoms with Crippen LogP contribution >= 0.6 is 11.6 Å². The van der Waals surface area contributed by atoms with E-state index in [0.29, 0.717) is 32.9 Å². The number of rotatable bonds is 6. The monoisotopic (exact) mass is 448 g/mol. The average molecular weight is 449 g/mol. The zero-order valence-corrected chi connectivity index (χ0v) is 18.3. The zero-order valence-electron chi connectivity index (χ0n) is 17.5. The first-order chi connectivity index (χ1) is 15.3. The molecule has 0 saturated carbocycles. The molecule has 0 aliphatic carbocycles. The van der Waals surface area contributed by atoms with E-state index in [2.05, 4.69) is 20.3 Å². The van der Waals surface area contributed by atoms with Gasteiger partial charge in [-0.1, -0.05) is 23.7 Å². The fourth-order valence-electron chi connectivity index (χ4n) is 3.45. The number of amides is 1. The van der Waals surface area contributed by atoms with Crippen LogP contribution in [0, 0.1) is 0 Å². The van der Waals surface area contributed by atoms with Crippen LogP contribution < -0.4 is 11.1 Å². The van der Waals surface area contributed by atoms with Gasteiger partial charge in [-0.15, -0.1) is 0 Å². The van der Waals surface area contributed by atoms with E-state index in [1.54, 1.807) is 36.5 Å². The number of nitrogen functional groups attached to an aromatic ring is 1. The van der Waals surface area contributed by atoms with Gasteiger partial charge in [0, 0.05) is 29.0 Å². The number of nitrogens with zero attached hydrogens (tertiary/aromatic N) is 4. The second-order valence-corrected chi connectivity index (χ2v) is 8.08. The van der Waals surface area contributed by atoms with E-state index in [0.717, 1.165) is 5.56 Å². The van der Waals surface area contributed by atoms with Crippen LogP contribution in [-0.4, -0.2) is 31.2 Å². The summed E-state index contributed by atoms with van der Waals surface area (Å²) in [6.45, 7) is 3.98. The highest BCUT2D eigenvalue weighted by Gasteiger charge is 2.22. The number of carbonyl (C=O) groups is 2. The SMILES string of the molecule is CC(C)n1cc(C(=O)c2cncc(NC(=O)Cc3ccc(Cl)cc3)c2)c2c(N)ncnc21. The molecule has 4 aromatic rings. The van der Waals surface area contributed by atoms with Gasteiger partial charge in [0.1, 0.15) is 17.8 Å². The molecule has 8 nitrogen and oxygen atoms in total. The van der Waals surface area contributed by atoms with Crippen LogP contribution in [0.15, 0.2) is 55.2 Å². The number of ketones is 1. The second kappa shape index (κ2) is 8.76. The fraction of sp³-hybridized carbons (Fsp3) is 0.174. The Labute approximate surface area is 189 Å². The minimum atomic E-state index is -0.280. The number of benzene rings is 1. The summed E-state index contributed by atoms with van der Waals surface area (Å²) in [7, 11) is 0. The predicted octanol–water partition coefficient (Wildman–Crippen LogP) is 4.06. The van der Waals surface area contributed by atoms with Gasteiger partial charge in [-0.25, -0.2) is 9.97 Å². The lowest BCUT2D eigenvalue weighted by molar-refractivity contribution is -0.115. The first-order valence-corrected chi connectivity index (χ1v) is 10.4. The molecule has 162 valence electrons. The van der Waals surface area contributed by atoms with Crippen molar-refractivity contribution in [3.8, 4) is 0 Å².